The first kappa shape index (κ1) is 13.9. The Morgan fingerprint density at radius 2 is 1.70 bits per heavy atom. The van der Waals surface area contributed by atoms with Gasteiger partial charge in [-0.1, -0.05) is 0 Å². The van der Waals surface area contributed by atoms with Crippen molar-refractivity contribution < 1.29 is 13.9 Å². The maximum absolute atomic E-state index is 13.3. The topological polar surface area (TPSA) is 78.3 Å². The summed E-state index contributed by atoms with van der Waals surface area (Å²) in [4.78, 5) is 11.2. The van der Waals surface area contributed by atoms with Crippen molar-refractivity contribution in [2.45, 2.75) is 13.8 Å². The van der Waals surface area contributed by atoms with E-state index in [0.717, 1.165) is 11.1 Å². The van der Waals surface area contributed by atoms with Gasteiger partial charge in [0.1, 0.15) is 17.3 Å². The smallest absolute Gasteiger partial charge is 0.248 e. The Hall–Kier alpha value is -2.56. The number of nitrogen functional groups attached to an aromatic ring is 1. The summed E-state index contributed by atoms with van der Waals surface area (Å²) in [5.41, 5.74) is 13.0. The summed E-state index contributed by atoms with van der Waals surface area (Å²) in [6, 6.07) is 7.25. The second-order valence-corrected chi connectivity index (χ2v) is 4.63. The van der Waals surface area contributed by atoms with Crippen LogP contribution in [-0.4, -0.2) is 5.91 Å². The van der Waals surface area contributed by atoms with Crippen LogP contribution in [-0.2, 0) is 0 Å². The second kappa shape index (κ2) is 5.21. The summed E-state index contributed by atoms with van der Waals surface area (Å²) in [5, 5.41) is 0. The maximum atomic E-state index is 13.3. The summed E-state index contributed by atoms with van der Waals surface area (Å²) in [6.45, 7) is 3.58. The van der Waals surface area contributed by atoms with Crippen molar-refractivity contribution in [3.63, 3.8) is 0 Å². The molecule has 1 amide bonds. The van der Waals surface area contributed by atoms with Gasteiger partial charge in [0.25, 0.3) is 0 Å². The van der Waals surface area contributed by atoms with Gasteiger partial charge in [0.15, 0.2) is 0 Å². The second-order valence-electron chi connectivity index (χ2n) is 4.63. The number of anilines is 1. The summed E-state index contributed by atoms with van der Waals surface area (Å²) >= 11 is 0. The average molecular weight is 274 g/mol. The maximum Gasteiger partial charge on any atom is 0.248 e. The summed E-state index contributed by atoms with van der Waals surface area (Å²) in [5.74, 6) is -0.109. The van der Waals surface area contributed by atoms with E-state index in [0.29, 0.717) is 17.1 Å². The largest absolute Gasteiger partial charge is 0.457 e. The molecular weight excluding hydrogens is 259 g/mol. The number of ether oxygens (including phenoxy) is 1. The molecule has 0 bridgehead atoms. The quantitative estimate of drug-likeness (QED) is 0.845. The van der Waals surface area contributed by atoms with Gasteiger partial charge in [-0.3, -0.25) is 4.79 Å². The fourth-order valence-electron chi connectivity index (χ4n) is 2.01. The molecule has 4 N–H and O–H groups in total. The molecule has 0 aliphatic heterocycles. The Morgan fingerprint density at radius 1 is 1.10 bits per heavy atom. The Kier molecular flexibility index (Phi) is 3.61. The molecule has 0 aliphatic carbocycles. The van der Waals surface area contributed by atoms with Crippen LogP contribution in [0.1, 0.15) is 21.5 Å². The van der Waals surface area contributed by atoms with Crippen LogP contribution in [0, 0.1) is 19.7 Å². The predicted octanol–water partition coefficient (Wildman–Crippen LogP) is 2.92. The number of carbonyl (C=O) groups excluding carboxylic acids is 1. The van der Waals surface area contributed by atoms with Crippen LogP contribution in [0.5, 0.6) is 11.5 Å². The molecule has 0 radical (unpaired) electrons. The van der Waals surface area contributed by atoms with Crippen LogP contribution in [0.3, 0.4) is 0 Å². The zero-order valence-corrected chi connectivity index (χ0v) is 11.2. The van der Waals surface area contributed by atoms with Gasteiger partial charge in [-0.15, -0.1) is 0 Å². The van der Waals surface area contributed by atoms with E-state index in [1.54, 1.807) is 26.0 Å². The molecule has 0 aliphatic rings. The third kappa shape index (κ3) is 2.88. The molecule has 104 valence electrons. The van der Waals surface area contributed by atoms with Crippen LogP contribution in [0.15, 0.2) is 30.3 Å². The van der Waals surface area contributed by atoms with Crippen molar-refractivity contribution in [2.75, 3.05) is 5.73 Å². The number of carbonyl (C=O) groups is 1. The van der Waals surface area contributed by atoms with E-state index < -0.39 is 11.7 Å². The lowest BCUT2D eigenvalue weighted by Crippen LogP contribution is -2.11. The molecule has 5 heteroatoms. The molecule has 20 heavy (non-hydrogen) atoms. The minimum absolute atomic E-state index is 0.282. The molecule has 4 nitrogen and oxygen atoms in total. The standard InChI is InChI=1S/C15H15FN2O2/c1-8-3-10(15(18)19)4-9(2)14(8)20-13-6-11(16)5-12(17)7-13/h3-7H,17H2,1-2H3,(H2,18,19). The number of primary amides is 1. The molecule has 0 aromatic heterocycles. The van der Waals surface area contributed by atoms with Gasteiger partial charge >= 0.3 is 0 Å². The normalized spacial score (nSPS) is 10.3. The summed E-state index contributed by atoms with van der Waals surface area (Å²) < 4.78 is 18.9. The third-order valence-corrected chi connectivity index (χ3v) is 2.86. The molecular formula is C15H15FN2O2. The van der Waals surface area contributed by atoms with Crippen molar-refractivity contribution in [3.8, 4) is 11.5 Å². The first-order chi connectivity index (χ1) is 9.36. The molecule has 2 aromatic rings. The fourth-order valence-corrected chi connectivity index (χ4v) is 2.01. The molecule has 2 aromatic carbocycles. The van der Waals surface area contributed by atoms with Crippen molar-refractivity contribution >= 4 is 11.6 Å². The predicted molar refractivity (Wildman–Crippen MR) is 75.3 cm³/mol. The van der Waals surface area contributed by atoms with Crippen LogP contribution in [0.2, 0.25) is 0 Å². The highest BCUT2D eigenvalue weighted by Gasteiger charge is 2.11. The fraction of sp³-hybridized carbons (Fsp3) is 0.133. The lowest BCUT2D eigenvalue weighted by Gasteiger charge is -2.13. The van der Waals surface area contributed by atoms with Gasteiger partial charge in [-0.05, 0) is 43.2 Å². The Balaban J connectivity index is 2.41. The molecule has 0 unspecified atom stereocenters. The van der Waals surface area contributed by atoms with Gasteiger partial charge < -0.3 is 16.2 Å². The average Bonchev–Trinajstić information content (AvgIpc) is 2.32. The highest BCUT2D eigenvalue weighted by atomic mass is 19.1. The number of aryl methyl sites for hydroxylation is 2. The van der Waals surface area contributed by atoms with E-state index in [2.05, 4.69) is 0 Å². The third-order valence-electron chi connectivity index (χ3n) is 2.86. The number of benzene rings is 2. The first-order valence-electron chi connectivity index (χ1n) is 6.02. The Morgan fingerprint density at radius 3 is 2.20 bits per heavy atom. The minimum Gasteiger partial charge on any atom is -0.457 e. The minimum atomic E-state index is -0.502. The van der Waals surface area contributed by atoms with Crippen LogP contribution >= 0.6 is 0 Å². The van der Waals surface area contributed by atoms with E-state index in [4.69, 9.17) is 16.2 Å². The van der Waals surface area contributed by atoms with E-state index in [-0.39, 0.29) is 5.69 Å². The molecule has 0 fully saturated rings. The monoisotopic (exact) mass is 274 g/mol. The van der Waals surface area contributed by atoms with E-state index in [9.17, 15) is 9.18 Å². The van der Waals surface area contributed by atoms with Crippen molar-refractivity contribution in [1.82, 2.24) is 0 Å². The molecule has 0 spiro atoms. The van der Waals surface area contributed by atoms with E-state index in [1.807, 2.05) is 0 Å². The lowest BCUT2D eigenvalue weighted by molar-refractivity contribution is 0.1000. The zero-order valence-electron chi connectivity index (χ0n) is 11.2. The SMILES string of the molecule is Cc1cc(C(N)=O)cc(C)c1Oc1cc(N)cc(F)c1. The molecule has 0 atom stereocenters. The summed E-state index contributed by atoms with van der Waals surface area (Å²) in [7, 11) is 0. The molecule has 2 rings (SSSR count). The number of hydrogen-bond acceptors (Lipinski definition) is 3. The number of nitrogens with two attached hydrogens (primary N) is 2. The Labute approximate surface area is 116 Å². The Bertz CT molecular complexity index is 640. The van der Waals surface area contributed by atoms with Crippen LogP contribution in [0.4, 0.5) is 10.1 Å². The van der Waals surface area contributed by atoms with Gasteiger partial charge in [0.05, 0.1) is 0 Å². The number of amides is 1. The zero-order chi connectivity index (χ0) is 14.9. The van der Waals surface area contributed by atoms with Crippen molar-refractivity contribution in [1.29, 1.82) is 0 Å². The highest BCUT2D eigenvalue weighted by molar-refractivity contribution is 5.93. The number of hydrogen-bond donors (Lipinski definition) is 2. The summed E-state index contributed by atoms with van der Waals surface area (Å²) in [6.07, 6.45) is 0. The van der Waals surface area contributed by atoms with Gasteiger partial charge in [0, 0.05) is 23.4 Å². The highest BCUT2D eigenvalue weighted by Crippen LogP contribution is 2.31. The van der Waals surface area contributed by atoms with Crippen molar-refractivity contribution in [2.24, 2.45) is 5.73 Å². The number of halogens is 1. The van der Waals surface area contributed by atoms with E-state index in [1.165, 1.54) is 18.2 Å². The molecule has 0 saturated carbocycles. The van der Waals surface area contributed by atoms with Gasteiger partial charge in [0.2, 0.25) is 5.91 Å². The molecule has 0 saturated heterocycles. The van der Waals surface area contributed by atoms with Crippen molar-refractivity contribution in [3.05, 3.63) is 52.8 Å². The number of rotatable bonds is 3. The van der Waals surface area contributed by atoms with Crippen LogP contribution in [0.25, 0.3) is 0 Å². The van der Waals surface area contributed by atoms with E-state index >= 15 is 0 Å². The lowest BCUT2D eigenvalue weighted by atomic mass is 10.1. The van der Waals surface area contributed by atoms with Crippen LogP contribution < -0.4 is 16.2 Å². The first-order valence-corrected chi connectivity index (χ1v) is 6.02. The van der Waals surface area contributed by atoms with Gasteiger partial charge in [-0.2, -0.15) is 0 Å². The van der Waals surface area contributed by atoms with Gasteiger partial charge in [-0.25, -0.2) is 4.39 Å². The molecule has 0 heterocycles.